The van der Waals surface area contributed by atoms with Crippen LogP contribution in [0.5, 0.6) is 0 Å². The van der Waals surface area contributed by atoms with Crippen molar-refractivity contribution in [1.82, 2.24) is 0 Å². The molecule has 0 saturated carbocycles. The summed E-state index contributed by atoms with van der Waals surface area (Å²) in [6.45, 7) is 5.58. The molecular weight excluding hydrogens is 1040 g/mol. The molecule has 6 atom stereocenters. The molecule has 0 amide bonds. The number of rotatable bonds is 51. The zero-order chi connectivity index (χ0) is 60.3. The minimum atomic E-state index is -1.93. The molecule has 83 heavy (non-hydrogen) atoms. The average molecular weight is 1150 g/mol. The first-order valence-corrected chi connectivity index (χ1v) is 31.5. The molecule has 1 fully saturated rings. The van der Waals surface area contributed by atoms with Gasteiger partial charge >= 0.3 is 23.9 Å². The van der Waals surface area contributed by atoms with Crippen LogP contribution in [0.4, 0.5) is 0 Å². The number of carbonyl (C=O) groups excluding carboxylic acids is 3. The van der Waals surface area contributed by atoms with E-state index >= 15 is 0 Å². The Morgan fingerprint density at radius 2 is 0.723 bits per heavy atom. The Hall–Kier alpha value is -5.66. The fourth-order valence-corrected chi connectivity index (χ4v) is 8.37. The Morgan fingerprint density at radius 1 is 0.398 bits per heavy atom. The van der Waals surface area contributed by atoms with Crippen LogP contribution in [-0.2, 0) is 42.9 Å². The molecule has 464 valence electrons. The third-order valence-electron chi connectivity index (χ3n) is 13.1. The summed E-state index contributed by atoms with van der Waals surface area (Å²) in [5, 5.41) is 31.6. The van der Waals surface area contributed by atoms with Gasteiger partial charge in [0.25, 0.3) is 0 Å². The molecule has 3 N–H and O–H groups in total. The maximum atomic E-state index is 13.2. The van der Waals surface area contributed by atoms with Crippen LogP contribution >= 0.6 is 0 Å². The maximum absolute atomic E-state index is 13.2. The lowest BCUT2D eigenvalue weighted by atomic mass is 9.98. The van der Waals surface area contributed by atoms with Crippen molar-refractivity contribution >= 4 is 23.9 Å². The second-order valence-electron chi connectivity index (χ2n) is 20.5. The van der Waals surface area contributed by atoms with Gasteiger partial charge in [-0.3, -0.25) is 14.4 Å². The van der Waals surface area contributed by atoms with E-state index in [1.165, 1.54) is 0 Å². The number of carboxylic acid groups (broad SMARTS) is 1. The SMILES string of the molecule is CC/C=C\C/C=C\C/C=C\C/C=C\C/C=C\CCCCCC(=O)OCC(COC1OC(C(=O)O)C(O)C(O)C1OC(=O)CCCC/C=C\C/C=C\C/C=C\C/C=C\CC)OC(=O)CCCCCCCC/C=C\C/C=C\C/C=C\C/C=C\CC. The Bertz CT molecular complexity index is 2050. The third kappa shape index (κ3) is 46.4. The molecule has 0 radical (unpaired) electrons. The molecular formula is C71H108O12. The van der Waals surface area contributed by atoms with Crippen molar-refractivity contribution in [1.29, 1.82) is 0 Å². The number of hydrogen-bond acceptors (Lipinski definition) is 11. The van der Waals surface area contributed by atoms with Crippen LogP contribution in [0.3, 0.4) is 0 Å². The van der Waals surface area contributed by atoms with E-state index in [0.29, 0.717) is 25.7 Å². The van der Waals surface area contributed by atoms with Gasteiger partial charge in [-0.2, -0.15) is 0 Å². The van der Waals surface area contributed by atoms with E-state index in [0.717, 1.165) is 148 Å². The van der Waals surface area contributed by atoms with E-state index < -0.39 is 67.3 Å². The number of aliphatic hydroxyl groups excluding tert-OH is 2. The van der Waals surface area contributed by atoms with Gasteiger partial charge in [0.2, 0.25) is 0 Å². The Balaban J connectivity index is 2.74. The zero-order valence-electron chi connectivity index (χ0n) is 51.1. The summed E-state index contributed by atoms with van der Waals surface area (Å²) in [6.07, 6.45) is 70.6. The van der Waals surface area contributed by atoms with E-state index in [1.807, 2.05) is 0 Å². The number of aliphatic carboxylic acids is 1. The summed E-state index contributed by atoms with van der Waals surface area (Å²) >= 11 is 0. The fraction of sp³-hybridized carbons (Fsp3) is 0.577. The van der Waals surface area contributed by atoms with Crippen LogP contribution in [0.2, 0.25) is 0 Å². The third-order valence-corrected chi connectivity index (χ3v) is 13.1. The van der Waals surface area contributed by atoms with Crippen molar-refractivity contribution in [2.75, 3.05) is 13.2 Å². The number of esters is 3. The van der Waals surface area contributed by atoms with Gasteiger partial charge in [0.15, 0.2) is 24.6 Å². The summed E-state index contributed by atoms with van der Waals surface area (Å²) in [7, 11) is 0. The molecule has 6 unspecified atom stereocenters. The van der Waals surface area contributed by atoms with Gasteiger partial charge in [-0.1, -0.05) is 211 Å². The second kappa shape index (κ2) is 56.8. The van der Waals surface area contributed by atoms with E-state index in [9.17, 15) is 34.5 Å². The smallest absolute Gasteiger partial charge is 0.335 e. The van der Waals surface area contributed by atoms with Crippen molar-refractivity contribution in [3.63, 3.8) is 0 Å². The topological polar surface area (TPSA) is 175 Å². The van der Waals surface area contributed by atoms with E-state index in [1.54, 1.807) is 0 Å². The predicted molar refractivity (Wildman–Crippen MR) is 339 cm³/mol. The normalized spacial score (nSPS) is 18.7. The summed E-state index contributed by atoms with van der Waals surface area (Å²) in [6, 6.07) is 0. The summed E-state index contributed by atoms with van der Waals surface area (Å²) in [5.74, 6) is -3.26. The first kappa shape index (κ1) is 75.4. The number of ether oxygens (including phenoxy) is 5. The van der Waals surface area contributed by atoms with Crippen LogP contribution in [-0.4, -0.2) is 89.2 Å². The van der Waals surface area contributed by atoms with Gasteiger partial charge in [-0.15, -0.1) is 0 Å². The fourth-order valence-electron chi connectivity index (χ4n) is 8.37. The Kier molecular flexibility index (Phi) is 51.6. The van der Waals surface area contributed by atoms with Gasteiger partial charge in [0, 0.05) is 19.3 Å². The largest absolute Gasteiger partial charge is 0.479 e. The standard InChI is InChI=1S/C71H108O12/c1-4-7-10-13-16-19-22-25-28-30-32-34-37-39-42-45-48-51-54-57-63(72)79-60-62(81-64(73)58-55-52-49-46-43-41-38-35-33-31-29-26-23-20-17-14-11-8-5-2)61-80-71-69(67(76)66(75)68(83-71)70(77)78)82-65(74)59-56-53-50-47-44-40-36-27-24-21-18-15-12-9-6-3/h7-12,16-21,25-29,32-36,39,42,44,47,62,66-69,71,75-76H,4-6,13-15,22-24,30-31,37-38,40-41,43,45-46,48-61H2,1-3H3,(H,77,78)/b10-7-,11-8-,12-9-,19-16-,20-17-,21-18-,28-25-,29-26-,34-32-,35-33-,36-27-,42-39-,47-44-. The molecule has 12 heteroatoms. The molecule has 0 aromatic heterocycles. The summed E-state index contributed by atoms with van der Waals surface area (Å²) < 4.78 is 28.4. The van der Waals surface area contributed by atoms with E-state index in [4.69, 9.17) is 23.7 Å². The molecule has 0 aromatic rings. The van der Waals surface area contributed by atoms with Crippen LogP contribution in [0.25, 0.3) is 0 Å². The van der Waals surface area contributed by atoms with Gasteiger partial charge in [-0.25, -0.2) is 4.79 Å². The molecule has 1 aliphatic heterocycles. The lowest BCUT2D eigenvalue weighted by molar-refractivity contribution is -0.301. The zero-order valence-corrected chi connectivity index (χ0v) is 51.1. The first-order valence-electron chi connectivity index (χ1n) is 31.5. The van der Waals surface area contributed by atoms with Gasteiger partial charge in [0.05, 0.1) is 6.61 Å². The summed E-state index contributed by atoms with van der Waals surface area (Å²) in [4.78, 5) is 51.3. The molecule has 0 aromatic carbocycles. The molecule has 1 rings (SSSR count). The number of carboxylic acids is 1. The van der Waals surface area contributed by atoms with Crippen molar-refractivity contribution < 1.29 is 58.2 Å². The Labute approximate surface area is 501 Å². The quantitative estimate of drug-likeness (QED) is 0.0228. The number of unbranched alkanes of at least 4 members (excludes halogenated alkanes) is 11. The lowest BCUT2D eigenvalue weighted by Gasteiger charge is -2.40. The monoisotopic (exact) mass is 1150 g/mol. The van der Waals surface area contributed by atoms with Crippen molar-refractivity contribution in [2.24, 2.45) is 0 Å². The lowest BCUT2D eigenvalue weighted by Crippen LogP contribution is -2.61. The average Bonchev–Trinajstić information content (AvgIpc) is 3.58. The van der Waals surface area contributed by atoms with Crippen LogP contribution in [0, 0.1) is 0 Å². The second-order valence-corrected chi connectivity index (χ2v) is 20.5. The minimum absolute atomic E-state index is 0.00643. The predicted octanol–water partition coefficient (Wildman–Crippen LogP) is 16.9. The first-order chi connectivity index (χ1) is 40.6. The van der Waals surface area contributed by atoms with Gasteiger partial charge < -0.3 is 39.0 Å². The molecule has 1 heterocycles. The molecule has 0 bridgehead atoms. The van der Waals surface area contributed by atoms with Crippen LogP contribution < -0.4 is 0 Å². The van der Waals surface area contributed by atoms with Crippen molar-refractivity contribution in [3.05, 3.63) is 158 Å². The van der Waals surface area contributed by atoms with Gasteiger partial charge in [-0.05, 0) is 141 Å². The van der Waals surface area contributed by atoms with Crippen molar-refractivity contribution in [3.8, 4) is 0 Å². The maximum Gasteiger partial charge on any atom is 0.335 e. The van der Waals surface area contributed by atoms with Crippen LogP contribution in [0.1, 0.15) is 213 Å². The number of hydrogen-bond donors (Lipinski definition) is 3. The van der Waals surface area contributed by atoms with E-state index in [-0.39, 0.29) is 25.9 Å². The molecule has 1 saturated heterocycles. The molecule has 12 nitrogen and oxygen atoms in total. The number of allylic oxidation sites excluding steroid dienone is 26. The molecule has 1 aliphatic rings. The summed E-state index contributed by atoms with van der Waals surface area (Å²) in [5.41, 5.74) is 0. The highest BCUT2D eigenvalue weighted by molar-refractivity contribution is 5.74. The number of aliphatic hydroxyl groups is 2. The highest BCUT2D eigenvalue weighted by atomic mass is 16.7. The molecule has 0 aliphatic carbocycles. The van der Waals surface area contributed by atoms with Gasteiger partial charge in [0.1, 0.15) is 18.8 Å². The van der Waals surface area contributed by atoms with Crippen LogP contribution in [0.15, 0.2) is 158 Å². The van der Waals surface area contributed by atoms with E-state index in [2.05, 4.69) is 179 Å². The highest BCUT2D eigenvalue weighted by Gasteiger charge is 2.50. The van der Waals surface area contributed by atoms with Crippen molar-refractivity contribution in [2.45, 2.75) is 250 Å². The highest BCUT2D eigenvalue weighted by Crippen LogP contribution is 2.26. The minimum Gasteiger partial charge on any atom is -0.479 e. The Morgan fingerprint density at radius 3 is 1.13 bits per heavy atom. The number of carbonyl (C=O) groups is 4. The molecule has 0 spiro atoms.